The van der Waals surface area contributed by atoms with Gasteiger partial charge in [-0.2, -0.15) is 0 Å². The van der Waals surface area contributed by atoms with E-state index in [0.717, 1.165) is 16.5 Å². The van der Waals surface area contributed by atoms with Crippen molar-refractivity contribution >= 4 is 28.8 Å². The minimum atomic E-state index is 0.127. The number of carbonyl (C=O) groups is 1. The molecule has 2 aromatic rings. The summed E-state index contributed by atoms with van der Waals surface area (Å²) in [5.74, 6) is 1.21. The molecule has 25 heavy (non-hydrogen) atoms. The molecule has 0 radical (unpaired) electrons. The molecule has 0 atom stereocenters. The predicted molar refractivity (Wildman–Crippen MR) is 103 cm³/mol. The van der Waals surface area contributed by atoms with E-state index < -0.39 is 0 Å². The van der Waals surface area contributed by atoms with Crippen molar-refractivity contribution < 1.29 is 9.53 Å². The number of hydrogen-bond acceptors (Lipinski definition) is 4. The number of nitrogens with zero attached hydrogens (tertiary/aromatic N) is 2. The highest BCUT2D eigenvalue weighted by atomic mass is 35.5. The van der Waals surface area contributed by atoms with Crippen LogP contribution in [-0.2, 0) is 17.9 Å². The largest absolute Gasteiger partial charge is 0.486 e. The highest BCUT2D eigenvalue weighted by molar-refractivity contribution is 7.09. The van der Waals surface area contributed by atoms with Gasteiger partial charge in [0.05, 0.1) is 12.2 Å². The molecular formula is C19H23ClN2O2S. The van der Waals surface area contributed by atoms with E-state index in [1.165, 1.54) is 11.3 Å². The van der Waals surface area contributed by atoms with Crippen molar-refractivity contribution in [2.45, 2.75) is 33.4 Å². The normalized spacial score (nSPS) is 10.7. The summed E-state index contributed by atoms with van der Waals surface area (Å²) < 4.78 is 5.71. The Morgan fingerprint density at radius 1 is 1.40 bits per heavy atom. The summed E-state index contributed by atoms with van der Waals surface area (Å²) in [7, 11) is 0. The molecule has 0 unspecified atom stereocenters. The summed E-state index contributed by atoms with van der Waals surface area (Å²) in [6.45, 7) is 9.24. The van der Waals surface area contributed by atoms with Crippen LogP contribution in [0.5, 0.6) is 5.75 Å². The van der Waals surface area contributed by atoms with E-state index in [4.69, 9.17) is 16.3 Å². The maximum Gasteiger partial charge on any atom is 0.223 e. The van der Waals surface area contributed by atoms with Crippen molar-refractivity contribution in [1.29, 1.82) is 0 Å². The summed E-state index contributed by atoms with van der Waals surface area (Å²) in [6, 6.07) is 7.23. The summed E-state index contributed by atoms with van der Waals surface area (Å²) in [5, 5.41) is 3.52. The van der Waals surface area contributed by atoms with Gasteiger partial charge in [-0.25, -0.2) is 4.98 Å². The first kappa shape index (κ1) is 19.5. The fraction of sp³-hybridized carbons (Fsp3) is 0.368. The number of amides is 1. The van der Waals surface area contributed by atoms with Gasteiger partial charge >= 0.3 is 0 Å². The highest BCUT2D eigenvalue weighted by Gasteiger charge is 2.15. The van der Waals surface area contributed by atoms with E-state index in [1.54, 1.807) is 23.1 Å². The molecule has 0 aliphatic carbocycles. The highest BCUT2D eigenvalue weighted by Crippen LogP contribution is 2.19. The summed E-state index contributed by atoms with van der Waals surface area (Å²) >= 11 is 7.39. The number of rotatable bonds is 9. The lowest BCUT2D eigenvalue weighted by atomic mass is 10.1. The standard InChI is InChI=1S/C19H23ClN2O2S/c1-4-9-22(19(23)10-14(2)3)11-16-13-25-18(21-16)12-24-17-7-5-15(20)6-8-17/h4-8,13-14H,1,9-12H2,2-3H3. The Hall–Kier alpha value is -1.85. The molecular weight excluding hydrogens is 356 g/mol. The summed E-state index contributed by atoms with van der Waals surface area (Å²) in [5.41, 5.74) is 0.874. The Morgan fingerprint density at radius 2 is 2.12 bits per heavy atom. The van der Waals surface area contributed by atoms with Gasteiger partial charge in [-0.05, 0) is 30.2 Å². The molecule has 1 aromatic heterocycles. The van der Waals surface area contributed by atoms with Gasteiger partial charge in [0.2, 0.25) is 5.91 Å². The third kappa shape index (κ3) is 6.52. The van der Waals surface area contributed by atoms with Crippen LogP contribution in [0.25, 0.3) is 0 Å². The Balaban J connectivity index is 1.93. The van der Waals surface area contributed by atoms with Crippen LogP contribution in [0.2, 0.25) is 5.02 Å². The van der Waals surface area contributed by atoms with Crippen molar-refractivity contribution in [2.24, 2.45) is 5.92 Å². The fourth-order valence-corrected chi connectivity index (χ4v) is 3.07. The van der Waals surface area contributed by atoms with Gasteiger partial charge < -0.3 is 9.64 Å². The molecule has 1 amide bonds. The van der Waals surface area contributed by atoms with Gasteiger partial charge in [0, 0.05) is 23.4 Å². The van der Waals surface area contributed by atoms with E-state index in [0.29, 0.717) is 37.1 Å². The first-order valence-corrected chi connectivity index (χ1v) is 9.44. The van der Waals surface area contributed by atoms with Crippen molar-refractivity contribution in [3.05, 3.63) is 58.0 Å². The monoisotopic (exact) mass is 378 g/mol. The predicted octanol–water partition coefficient (Wildman–Crippen LogP) is 4.94. The third-order valence-electron chi connectivity index (χ3n) is 3.41. The number of aromatic nitrogens is 1. The molecule has 0 aliphatic rings. The maximum absolute atomic E-state index is 12.3. The zero-order chi connectivity index (χ0) is 18.2. The molecule has 0 bridgehead atoms. The molecule has 1 heterocycles. The first-order valence-electron chi connectivity index (χ1n) is 8.18. The number of hydrogen-bond donors (Lipinski definition) is 0. The molecule has 6 heteroatoms. The number of carbonyl (C=O) groups excluding carboxylic acids is 1. The first-order chi connectivity index (χ1) is 12.0. The van der Waals surface area contributed by atoms with Crippen molar-refractivity contribution in [3.8, 4) is 5.75 Å². The second-order valence-corrected chi connectivity index (χ2v) is 7.52. The Bertz CT molecular complexity index is 698. The van der Waals surface area contributed by atoms with E-state index >= 15 is 0 Å². The van der Waals surface area contributed by atoms with Gasteiger partial charge in [0.25, 0.3) is 0 Å². The van der Waals surface area contributed by atoms with Gasteiger partial charge in [0.15, 0.2) is 0 Å². The van der Waals surface area contributed by atoms with Crippen molar-refractivity contribution in [3.63, 3.8) is 0 Å². The van der Waals surface area contributed by atoms with Crippen LogP contribution in [0.15, 0.2) is 42.3 Å². The van der Waals surface area contributed by atoms with Gasteiger partial charge in [-0.1, -0.05) is 31.5 Å². The molecule has 0 saturated heterocycles. The van der Waals surface area contributed by atoms with Crippen LogP contribution in [0.4, 0.5) is 0 Å². The molecule has 0 spiro atoms. The van der Waals surface area contributed by atoms with Gasteiger partial charge in [-0.15, -0.1) is 17.9 Å². The fourth-order valence-electron chi connectivity index (χ4n) is 2.25. The van der Waals surface area contributed by atoms with E-state index in [2.05, 4.69) is 11.6 Å². The van der Waals surface area contributed by atoms with Crippen LogP contribution < -0.4 is 4.74 Å². The van der Waals surface area contributed by atoms with Crippen molar-refractivity contribution in [2.75, 3.05) is 6.54 Å². The van der Waals surface area contributed by atoms with Crippen LogP contribution in [0.3, 0.4) is 0 Å². The zero-order valence-corrected chi connectivity index (χ0v) is 16.1. The van der Waals surface area contributed by atoms with Crippen LogP contribution in [-0.4, -0.2) is 22.3 Å². The molecule has 1 aromatic carbocycles. The number of benzene rings is 1. The SMILES string of the molecule is C=CCN(Cc1csc(COc2ccc(Cl)cc2)n1)C(=O)CC(C)C. The Morgan fingerprint density at radius 3 is 2.76 bits per heavy atom. The Kier molecular flexibility index (Phi) is 7.47. The second-order valence-electron chi connectivity index (χ2n) is 6.14. The van der Waals surface area contributed by atoms with Crippen LogP contribution in [0, 0.1) is 5.92 Å². The Labute approximate surface area is 158 Å². The summed E-state index contributed by atoms with van der Waals surface area (Å²) in [4.78, 5) is 18.7. The smallest absolute Gasteiger partial charge is 0.223 e. The lowest BCUT2D eigenvalue weighted by molar-refractivity contribution is -0.132. The van der Waals surface area contributed by atoms with Gasteiger partial charge in [-0.3, -0.25) is 4.79 Å². The zero-order valence-electron chi connectivity index (χ0n) is 14.6. The molecule has 0 aliphatic heterocycles. The topological polar surface area (TPSA) is 42.4 Å². The molecule has 4 nitrogen and oxygen atoms in total. The molecule has 0 fully saturated rings. The molecule has 0 N–H and O–H groups in total. The third-order valence-corrected chi connectivity index (χ3v) is 4.54. The lowest BCUT2D eigenvalue weighted by Gasteiger charge is -2.21. The minimum Gasteiger partial charge on any atom is -0.486 e. The second kappa shape index (κ2) is 9.59. The van der Waals surface area contributed by atoms with Crippen LogP contribution in [0.1, 0.15) is 31.0 Å². The van der Waals surface area contributed by atoms with E-state index in [-0.39, 0.29) is 5.91 Å². The molecule has 2 rings (SSSR count). The number of halogens is 1. The number of ether oxygens (including phenoxy) is 1. The van der Waals surface area contributed by atoms with Crippen LogP contribution >= 0.6 is 22.9 Å². The number of thiazole rings is 1. The quantitative estimate of drug-likeness (QED) is 0.580. The maximum atomic E-state index is 12.3. The van der Waals surface area contributed by atoms with E-state index in [9.17, 15) is 4.79 Å². The van der Waals surface area contributed by atoms with Gasteiger partial charge in [0.1, 0.15) is 17.4 Å². The summed E-state index contributed by atoms with van der Waals surface area (Å²) in [6.07, 6.45) is 2.28. The average molecular weight is 379 g/mol. The molecule has 0 saturated carbocycles. The van der Waals surface area contributed by atoms with Crippen molar-refractivity contribution in [1.82, 2.24) is 9.88 Å². The molecule has 134 valence electrons. The van der Waals surface area contributed by atoms with E-state index in [1.807, 2.05) is 31.4 Å². The minimum absolute atomic E-state index is 0.127. The lowest BCUT2D eigenvalue weighted by Crippen LogP contribution is -2.31. The average Bonchev–Trinajstić information content (AvgIpc) is 3.01.